The van der Waals surface area contributed by atoms with Crippen LogP contribution >= 0.6 is 0 Å². The molecule has 3 N–H and O–H groups in total. The van der Waals surface area contributed by atoms with Crippen molar-refractivity contribution in [2.75, 3.05) is 6.54 Å². The quantitative estimate of drug-likeness (QED) is 0.585. The molecule has 0 aromatic heterocycles. The molecule has 2 aliphatic carbocycles. The molecule has 2 aliphatic rings. The molecule has 0 saturated heterocycles. The number of hydrogen-bond acceptors (Lipinski definition) is 2. The predicted molar refractivity (Wildman–Crippen MR) is 48.3 cm³/mol. The molecule has 0 aliphatic heterocycles. The van der Waals surface area contributed by atoms with Crippen molar-refractivity contribution in [3.63, 3.8) is 0 Å². The fourth-order valence-corrected chi connectivity index (χ4v) is 1.31. The Morgan fingerprint density at radius 2 is 2.08 bits per heavy atom. The van der Waals surface area contributed by atoms with E-state index in [0.29, 0.717) is 18.5 Å². The van der Waals surface area contributed by atoms with Gasteiger partial charge in [-0.1, -0.05) is 0 Å². The minimum absolute atomic E-state index is 0.137. The summed E-state index contributed by atoms with van der Waals surface area (Å²) < 4.78 is 0. The highest BCUT2D eigenvalue weighted by atomic mass is 16.3. The molecule has 4 nitrogen and oxygen atoms in total. The zero-order chi connectivity index (χ0) is 9.26. The Balaban J connectivity index is 1.57. The lowest BCUT2D eigenvalue weighted by molar-refractivity contribution is 0.149. The second-order valence-electron chi connectivity index (χ2n) is 4.03. The number of aliphatic hydroxyl groups is 1. The van der Waals surface area contributed by atoms with Crippen molar-refractivity contribution in [1.29, 1.82) is 0 Å². The lowest BCUT2D eigenvalue weighted by Gasteiger charge is -2.10. The van der Waals surface area contributed by atoms with Gasteiger partial charge in [0.1, 0.15) is 0 Å². The summed E-state index contributed by atoms with van der Waals surface area (Å²) in [6.45, 7) is 0.392. The van der Waals surface area contributed by atoms with E-state index in [-0.39, 0.29) is 12.1 Å². The van der Waals surface area contributed by atoms with Gasteiger partial charge >= 0.3 is 6.03 Å². The van der Waals surface area contributed by atoms with Crippen LogP contribution in [0, 0.1) is 5.92 Å². The Kier molecular flexibility index (Phi) is 2.40. The number of carbonyl (C=O) groups is 1. The molecule has 74 valence electrons. The van der Waals surface area contributed by atoms with E-state index in [2.05, 4.69) is 10.6 Å². The molecule has 0 spiro atoms. The number of aliphatic hydroxyl groups excluding tert-OH is 1. The first-order valence-corrected chi connectivity index (χ1v) is 4.98. The van der Waals surface area contributed by atoms with E-state index in [1.807, 2.05) is 0 Å². The molecular weight excluding hydrogens is 168 g/mol. The third-order valence-electron chi connectivity index (χ3n) is 2.55. The molecule has 0 bridgehead atoms. The molecule has 2 amide bonds. The average molecular weight is 184 g/mol. The number of amides is 2. The first-order valence-electron chi connectivity index (χ1n) is 4.98. The van der Waals surface area contributed by atoms with Gasteiger partial charge in [0.05, 0.1) is 6.10 Å². The molecule has 2 fully saturated rings. The highest BCUT2D eigenvalue weighted by Crippen LogP contribution is 2.32. The van der Waals surface area contributed by atoms with Crippen LogP contribution in [-0.4, -0.2) is 29.8 Å². The van der Waals surface area contributed by atoms with Crippen molar-refractivity contribution < 1.29 is 9.90 Å². The first kappa shape index (κ1) is 8.81. The minimum atomic E-state index is -0.343. The van der Waals surface area contributed by atoms with Crippen LogP contribution in [0.4, 0.5) is 4.79 Å². The number of urea groups is 1. The predicted octanol–water partition coefficient (Wildman–Crippen LogP) is 0.219. The smallest absolute Gasteiger partial charge is 0.315 e. The molecule has 2 saturated carbocycles. The maximum Gasteiger partial charge on any atom is 0.315 e. The van der Waals surface area contributed by atoms with Crippen molar-refractivity contribution in [1.82, 2.24) is 10.6 Å². The van der Waals surface area contributed by atoms with E-state index in [1.54, 1.807) is 0 Å². The Morgan fingerprint density at radius 1 is 1.38 bits per heavy atom. The molecule has 4 heteroatoms. The molecule has 1 atom stereocenters. The van der Waals surface area contributed by atoms with Gasteiger partial charge in [0.2, 0.25) is 0 Å². The van der Waals surface area contributed by atoms with Gasteiger partial charge in [0.15, 0.2) is 0 Å². The van der Waals surface area contributed by atoms with Gasteiger partial charge in [-0.3, -0.25) is 0 Å². The fraction of sp³-hybridized carbons (Fsp3) is 0.889. The molecule has 2 rings (SSSR count). The maximum absolute atomic E-state index is 11.1. The summed E-state index contributed by atoms with van der Waals surface area (Å²) in [7, 11) is 0. The summed E-state index contributed by atoms with van der Waals surface area (Å²) >= 11 is 0. The van der Waals surface area contributed by atoms with Gasteiger partial charge < -0.3 is 15.7 Å². The third kappa shape index (κ3) is 2.88. The Bertz CT molecular complexity index is 200. The second-order valence-corrected chi connectivity index (χ2v) is 4.03. The zero-order valence-electron chi connectivity index (χ0n) is 7.62. The van der Waals surface area contributed by atoms with Crippen LogP contribution in [0.25, 0.3) is 0 Å². The molecular formula is C9H16N2O2. The number of nitrogens with one attached hydrogen (secondary N) is 2. The van der Waals surface area contributed by atoms with Crippen LogP contribution in [0.5, 0.6) is 0 Å². The first-order chi connectivity index (χ1) is 6.25. The van der Waals surface area contributed by atoms with Gasteiger partial charge in [-0.15, -0.1) is 0 Å². The van der Waals surface area contributed by atoms with Crippen molar-refractivity contribution in [2.45, 2.75) is 37.8 Å². The Labute approximate surface area is 77.7 Å². The SMILES string of the molecule is O=C(NCC(O)C1CC1)NC1CC1. The van der Waals surface area contributed by atoms with E-state index in [1.165, 1.54) is 0 Å². The summed E-state index contributed by atoms with van der Waals surface area (Å²) in [6, 6.07) is 0.250. The minimum Gasteiger partial charge on any atom is -0.391 e. The van der Waals surface area contributed by atoms with Crippen molar-refractivity contribution in [2.24, 2.45) is 5.92 Å². The lowest BCUT2D eigenvalue weighted by atomic mass is 10.2. The van der Waals surface area contributed by atoms with Gasteiger partial charge in [-0.05, 0) is 31.6 Å². The third-order valence-corrected chi connectivity index (χ3v) is 2.55. The van der Waals surface area contributed by atoms with E-state index in [9.17, 15) is 9.90 Å². The van der Waals surface area contributed by atoms with E-state index < -0.39 is 0 Å². The highest BCUT2D eigenvalue weighted by Gasteiger charge is 2.30. The fourth-order valence-electron chi connectivity index (χ4n) is 1.31. The van der Waals surface area contributed by atoms with Crippen molar-refractivity contribution in [3.05, 3.63) is 0 Å². The van der Waals surface area contributed by atoms with Crippen LogP contribution in [0.15, 0.2) is 0 Å². The molecule has 0 aromatic rings. The molecule has 13 heavy (non-hydrogen) atoms. The van der Waals surface area contributed by atoms with Crippen molar-refractivity contribution in [3.8, 4) is 0 Å². The molecule has 0 heterocycles. The molecule has 0 radical (unpaired) electrons. The van der Waals surface area contributed by atoms with Gasteiger partial charge in [0, 0.05) is 12.6 Å². The summed E-state index contributed by atoms with van der Waals surface area (Å²) in [6.07, 6.45) is 4.06. The molecule has 1 unspecified atom stereocenters. The lowest BCUT2D eigenvalue weighted by Crippen LogP contribution is -2.41. The normalized spacial score (nSPS) is 23.8. The standard InChI is InChI=1S/C9H16N2O2/c12-8(6-1-2-6)5-10-9(13)11-7-3-4-7/h6-8,12H,1-5H2,(H2,10,11,13). The summed E-state index contributed by atoms with van der Waals surface area (Å²) in [5.74, 6) is 0.432. The number of rotatable bonds is 4. The number of carbonyl (C=O) groups excluding carboxylic acids is 1. The van der Waals surface area contributed by atoms with E-state index >= 15 is 0 Å². The largest absolute Gasteiger partial charge is 0.391 e. The maximum atomic E-state index is 11.1. The topological polar surface area (TPSA) is 61.4 Å². The monoisotopic (exact) mass is 184 g/mol. The summed E-state index contributed by atoms with van der Waals surface area (Å²) in [5.41, 5.74) is 0. The summed E-state index contributed by atoms with van der Waals surface area (Å²) in [5, 5.41) is 14.9. The van der Waals surface area contributed by atoms with E-state index in [0.717, 1.165) is 25.7 Å². The molecule has 0 aromatic carbocycles. The van der Waals surface area contributed by atoms with E-state index in [4.69, 9.17) is 0 Å². The van der Waals surface area contributed by atoms with Crippen LogP contribution in [0.3, 0.4) is 0 Å². The van der Waals surface area contributed by atoms with Crippen LogP contribution in [-0.2, 0) is 0 Å². The highest BCUT2D eigenvalue weighted by molar-refractivity contribution is 5.74. The second kappa shape index (κ2) is 3.54. The van der Waals surface area contributed by atoms with Crippen LogP contribution in [0.2, 0.25) is 0 Å². The zero-order valence-corrected chi connectivity index (χ0v) is 7.62. The number of hydrogen-bond donors (Lipinski definition) is 3. The Hall–Kier alpha value is -0.770. The average Bonchev–Trinajstić information content (AvgIpc) is 2.90. The van der Waals surface area contributed by atoms with Crippen LogP contribution in [0.1, 0.15) is 25.7 Å². The van der Waals surface area contributed by atoms with Gasteiger partial charge in [0.25, 0.3) is 0 Å². The van der Waals surface area contributed by atoms with Crippen LogP contribution < -0.4 is 10.6 Å². The van der Waals surface area contributed by atoms with Gasteiger partial charge in [-0.25, -0.2) is 4.79 Å². The van der Waals surface area contributed by atoms with Gasteiger partial charge in [-0.2, -0.15) is 0 Å². The van der Waals surface area contributed by atoms with Crippen molar-refractivity contribution >= 4 is 6.03 Å². The summed E-state index contributed by atoms with van der Waals surface area (Å²) in [4.78, 5) is 11.1. The Morgan fingerprint density at radius 3 is 2.62 bits per heavy atom.